The first-order valence-electron chi connectivity index (χ1n) is 11.5. The molecule has 0 aromatic rings. The van der Waals surface area contributed by atoms with E-state index in [1.165, 1.54) is 0 Å². The Balaban J connectivity index is 1.61. The summed E-state index contributed by atoms with van der Waals surface area (Å²) in [6, 6.07) is 0.931. The largest absolute Gasteiger partial charge is 0.389 e. The van der Waals surface area contributed by atoms with Crippen molar-refractivity contribution in [3.63, 3.8) is 0 Å². The number of ether oxygens (including phenoxy) is 7. The van der Waals surface area contributed by atoms with Crippen LogP contribution < -0.4 is 0 Å². The topological polar surface area (TPSA) is 83.1 Å². The molecular formula is C21H42O9Si. The van der Waals surface area contributed by atoms with Crippen molar-refractivity contribution >= 4 is 8.56 Å². The van der Waals surface area contributed by atoms with Crippen molar-refractivity contribution < 1.29 is 42.0 Å². The van der Waals surface area contributed by atoms with Gasteiger partial charge in [0.2, 0.25) is 0 Å². The first kappa shape index (κ1) is 27.1. The van der Waals surface area contributed by atoms with Gasteiger partial charge in [-0.1, -0.05) is 0 Å². The van der Waals surface area contributed by atoms with Crippen LogP contribution in [0.25, 0.3) is 0 Å². The molecule has 2 heterocycles. The molecule has 0 bridgehead atoms. The van der Waals surface area contributed by atoms with Crippen LogP contribution >= 0.6 is 0 Å². The molecule has 0 N–H and O–H groups in total. The molecule has 0 radical (unpaired) electrons. The smallest absolute Gasteiger partial charge is 0.335 e. The van der Waals surface area contributed by atoms with Crippen LogP contribution in [0.2, 0.25) is 12.6 Å². The van der Waals surface area contributed by atoms with Crippen molar-refractivity contribution in [2.24, 2.45) is 0 Å². The molecule has 31 heavy (non-hydrogen) atoms. The highest BCUT2D eigenvalue weighted by Gasteiger charge is 2.42. The normalized spacial score (nSPS) is 33.6. The van der Waals surface area contributed by atoms with Crippen molar-refractivity contribution in [2.45, 2.75) is 51.2 Å². The monoisotopic (exact) mass is 466 g/mol. The predicted octanol–water partition coefficient (Wildman–Crippen LogP) is 1.77. The molecule has 9 nitrogen and oxygen atoms in total. The summed E-state index contributed by atoms with van der Waals surface area (Å²) in [5.74, 6) is 0. The Morgan fingerprint density at radius 2 is 1.19 bits per heavy atom. The minimum absolute atomic E-state index is 0.145. The standard InChI is InChI=1S/C21H42O9Si/c1-19-20(2)30-31(3,29-19)16-4-5-26-17-21-18-27-13-12-24-9-8-22-6-7-23-10-11-25-14-15-28-21/h19-21H,4-18H2,1-3H3. The Labute approximate surface area is 188 Å². The molecule has 0 saturated carbocycles. The van der Waals surface area contributed by atoms with Crippen molar-refractivity contribution in [1.29, 1.82) is 0 Å². The molecule has 3 atom stereocenters. The Morgan fingerprint density at radius 1 is 0.710 bits per heavy atom. The molecule has 0 aromatic heterocycles. The second-order valence-electron chi connectivity index (χ2n) is 7.98. The van der Waals surface area contributed by atoms with E-state index >= 15 is 0 Å². The van der Waals surface area contributed by atoms with Crippen LogP contribution in [-0.4, -0.2) is 113 Å². The lowest BCUT2D eigenvalue weighted by atomic mass is 10.3. The molecule has 2 aliphatic heterocycles. The molecule has 0 aliphatic carbocycles. The average molecular weight is 467 g/mol. The van der Waals surface area contributed by atoms with Crippen molar-refractivity contribution in [3.8, 4) is 0 Å². The summed E-state index contributed by atoms with van der Waals surface area (Å²) in [6.45, 7) is 13.2. The van der Waals surface area contributed by atoms with Crippen LogP contribution in [0.15, 0.2) is 0 Å². The van der Waals surface area contributed by atoms with Gasteiger partial charge < -0.3 is 42.0 Å². The first-order valence-corrected chi connectivity index (χ1v) is 14.0. The molecule has 10 heteroatoms. The lowest BCUT2D eigenvalue weighted by molar-refractivity contribution is -0.0844. The predicted molar refractivity (Wildman–Crippen MR) is 117 cm³/mol. The summed E-state index contributed by atoms with van der Waals surface area (Å²) in [6.07, 6.45) is 1.13. The van der Waals surface area contributed by atoms with E-state index in [0.29, 0.717) is 85.9 Å². The van der Waals surface area contributed by atoms with E-state index in [4.69, 9.17) is 42.0 Å². The molecule has 2 fully saturated rings. The number of hydrogen-bond acceptors (Lipinski definition) is 9. The summed E-state index contributed by atoms with van der Waals surface area (Å²) >= 11 is 0. The van der Waals surface area contributed by atoms with E-state index in [2.05, 4.69) is 20.4 Å². The fourth-order valence-corrected chi connectivity index (χ4v) is 6.38. The van der Waals surface area contributed by atoms with E-state index in [-0.39, 0.29) is 18.3 Å². The van der Waals surface area contributed by atoms with Gasteiger partial charge in [-0.15, -0.1) is 0 Å². The molecular weight excluding hydrogens is 424 g/mol. The summed E-state index contributed by atoms with van der Waals surface area (Å²) in [4.78, 5) is 0. The third kappa shape index (κ3) is 12.6. The van der Waals surface area contributed by atoms with Gasteiger partial charge in [0.05, 0.1) is 91.5 Å². The highest BCUT2D eigenvalue weighted by atomic mass is 28.4. The van der Waals surface area contributed by atoms with Crippen LogP contribution in [0.4, 0.5) is 0 Å². The molecule has 3 unspecified atom stereocenters. The lowest BCUT2D eigenvalue weighted by Gasteiger charge is -2.21. The minimum Gasteiger partial charge on any atom is -0.389 e. The maximum absolute atomic E-state index is 6.06. The Kier molecular flexibility index (Phi) is 14.4. The average Bonchev–Trinajstić information content (AvgIpc) is 3.00. The zero-order valence-electron chi connectivity index (χ0n) is 19.5. The van der Waals surface area contributed by atoms with Crippen molar-refractivity contribution in [3.05, 3.63) is 0 Å². The quantitative estimate of drug-likeness (QED) is 0.429. The summed E-state index contributed by atoms with van der Waals surface area (Å²) < 4.78 is 51.5. The highest BCUT2D eigenvalue weighted by Crippen LogP contribution is 2.28. The summed E-state index contributed by atoms with van der Waals surface area (Å²) in [7, 11) is -2.05. The van der Waals surface area contributed by atoms with Gasteiger partial charge >= 0.3 is 8.56 Å². The van der Waals surface area contributed by atoms with Gasteiger partial charge in [0.15, 0.2) is 0 Å². The fourth-order valence-electron chi connectivity index (χ4n) is 3.35. The zero-order chi connectivity index (χ0) is 22.2. The second kappa shape index (κ2) is 16.5. The fraction of sp³-hybridized carbons (Fsp3) is 1.00. The van der Waals surface area contributed by atoms with Crippen LogP contribution in [-0.2, 0) is 42.0 Å². The third-order valence-electron chi connectivity index (χ3n) is 5.13. The van der Waals surface area contributed by atoms with Gasteiger partial charge in [-0.2, -0.15) is 0 Å². The van der Waals surface area contributed by atoms with Crippen molar-refractivity contribution in [1.82, 2.24) is 0 Å². The molecule has 0 aromatic carbocycles. The van der Waals surface area contributed by atoms with Gasteiger partial charge in [0, 0.05) is 6.61 Å². The second-order valence-corrected chi connectivity index (χ2v) is 11.2. The lowest BCUT2D eigenvalue weighted by Crippen LogP contribution is -2.33. The van der Waals surface area contributed by atoms with Gasteiger partial charge in [-0.05, 0) is 32.9 Å². The highest BCUT2D eigenvalue weighted by molar-refractivity contribution is 6.66. The van der Waals surface area contributed by atoms with Gasteiger partial charge in [-0.25, -0.2) is 0 Å². The Morgan fingerprint density at radius 3 is 1.74 bits per heavy atom. The van der Waals surface area contributed by atoms with E-state index in [1.54, 1.807) is 0 Å². The molecule has 2 saturated heterocycles. The molecule has 2 rings (SSSR count). The summed E-state index contributed by atoms with van der Waals surface area (Å²) in [5.41, 5.74) is 0. The van der Waals surface area contributed by atoms with Crippen LogP contribution in [0.1, 0.15) is 20.3 Å². The SMILES string of the molecule is CC1O[Si](C)(CCCOCC2COCCOCCOCCOCCOCCO2)OC1C. The molecule has 0 amide bonds. The van der Waals surface area contributed by atoms with E-state index in [9.17, 15) is 0 Å². The first-order chi connectivity index (χ1) is 15.1. The van der Waals surface area contributed by atoms with E-state index in [1.807, 2.05) is 0 Å². The summed E-state index contributed by atoms with van der Waals surface area (Å²) in [5, 5.41) is 0. The molecule has 0 spiro atoms. The van der Waals surface area contributed by atoms with E-state index < -0.39 is 8.56 Å². The number of rotatable bonds is 6. The van der Waals surface area contributed by atoms with Crippen LogP contribution in [0.3, 0.4) is 0 Å². The maximum atomic E-state index is 6.06. The van der Waals surface area contributed by atoms with Crippen LogP contribution in [0.5, 0.6) is 0 Å². The van der Waals surface area contributed by atoms with E-state index in [0.717, 1.165) is 12.5 Å². The number of hydrogen-bond donors (Lipinski definition) is 0. The molecule has 184 valence electrons. The minimum atomic E-state index is -2.05. The van der Waals surface area contributed by atoms with Gasteiger partial charge in [0.1, 0.15) is 6.10 Å². The maximum Gasteiger partial charge on any atom is 0.335 e. The van der Waals surface area contributed by atoms with Gasteiger partial charge in [-0.3, -0.25) is 0 Å². The van der Waals surface area contributed by atoms with Crippen molar-refractivity contribution in [2.75, 3.05) is 85.9 Å². The van der Waals surface area contributed by atoms with Crippen LogP contribution in [0, 0.1) is 0 Å². The third-order valence-corrected chi connectivity index (χ3v) is 8.13. The zero-order valence-corrected chi connectivity index (χ0v) is 20.5. The Hall–Kier alpha value is -0.143. The van der Waals surface area contributed by atoms with Gasteiger partial charge in [0.25, 0.3) is 0 Å². The Bertz CT molecular complexity index is 415. The molecule has 2 aliphatic rings.